The van der Waals surface area contributed by atoms with Crippen LogP contribution in [0.2, 0.25) is 0 Å². The number of rotatable bonds is 4. The SMILES string of the molecule is CN(C)c1ccc(NC(=O)c2ccc3c(c2)ncn3-c2ccccc2)cc1. The number of nitrogens with zero attached hydrogens (tertiary/aromatic N) is 3. The van der Waals surface area contributed by atoms with Crippen molar-refractivity contribution in [1.29, 1.82) is 0 Å². The molecule has 0 bridgehead atoms. The minimum absolute atomic E-state index is 0.149. The number of aromatic nitrogens is 2. The van der Waals surface area contributed by atoms with Gasteiger partial charge in [-0.25, -0.2) is 4.98 Å². The van der Waals surface area contributed by atoms with Crippen molar-refractivity contribution < 1.29 is 4.79 Å². The number of carbonyl (C=O) groups is 1. The van der Waals surface area contributed by atoms with Crippen LogP contribution in [0.4, 0.5) is 11.4 Å². The Morgan fingerprint density at radius 2 is 1.70 bits per heavy atom. The number of hydrogen-bond donors (Lipinski definition) is 1. The van der Waals surface area contributed by atoms with Crippen LogP contribution >= 0.6 is 0 Å². The predicted molar refractivity (Wildman–Crippen MR) is 110 cm³/mol. The molecule has 4 rings (SSSR count). The fourth-order valence-corrected chi connectivity index (χ4v) is 2.99. The highest BCUT2D eigenvalue weighted by Gasteiger charge is 2.10. The van der Waals surface area contributed by atoms with Crippen molar-refractivity contribution in [2.24, 2.45) is 0 Å². The van der Waals surface area contributed by atoms with Crippen LogP contribution in [0.25, 0.3) is 16.7 Å². The van der Waals surface area contributed by atoms with Crippen LogP contribution in [-0.2, 0) is 0 Å². The number of benzene rings is 3. The van der Waals surface area contributed by atoms with Gasteiger partial charge in [-0.3, -0.25) is 9.36 Å². The van der Waals surface area contributed by atoms with Crippen LogP contribution in [0.15, 0.2) is 79.1 Å². The van der Waals surface area contributed by atoms with Crippen LogP contribution < -0.4 is 10.2 Å². The van der Waals surface area contributed by atoms with Gasteiger partial charge in [0, 0.05) is 36.7 Å². The molecule has 0 spiro atoms. The molecule has 5 heteroatoms. The van der Waals surface area contributed by atoms with Crippen LogP contribution in [-0.4, -0.2) is 29.6 Å². The third-order valence-electron chi connectivity index (χ3n) is 4.49. The molecule has 1 amide bonds. The number of fused-ring (bicyclic) bond motifs is 1. The number of amides is 1. The molecule has 0 atom stereocenters. The van der Waals surface area contributed by atoms with E-state index in [1.807, 2.05) is 96.4 Å². The maximum atomic E-state index is 12.6. The average molecular weight is 356 g/mol. The maximum absolute atomic E-state index is 12.6. The fourth-order valence-electron chi connectivity index (χ4n) is 2.99. The lowest BCUT2D eigenvalue weighted by molar-refractivity contribution is 0.102. The van der Waals surface area contributed by atoms with E-state index in [0.717, 1.165) is 28.1 Å². The molecule has 0 unspecified atom stereocenters. The molecule has 0 saturated heterocycles. The summed E-state index contributed by atoms with van der Waals surface area (Å²) < 4.78 is 2.01. The number of nitrogens with one attached hydrogen (secondary N) is 1. The molecule has 3 aromatic carbocycles. The van der Waals surface area contributed by atoms with E-state index in [-0.39, 0.29) is 5.91 Å². The lowest BCUT2D eigenvalue weighted by Crippen LogP contribution is -2.12. The molecule has 0 fully saturated rings. The molecule has 0 aliphatic rings. The van der Waals surface area contributed by atoms with Gasteiger partial charge < -0.3 is 10.2 Å². The molecule has 0 saturated carbocycles. The minimum atomic E-state index is -0.149. The number of anilines is 2. The Bertz CT molecular complexity index is 1080. The normalized spacial score (nSPS) is 10.7. The number of hydrogen-bond acceptors (Lipinski definition) is 3. The Hall–Kier alpha value is -3.60. The van der Waals surface area contributed by atoms with Gasteiger partial charge in [-0.2, -0.15) is 0 Å². The van der Waals surface area contributed by atoms with Crippen LogP contribution in [0.5, 0.6) is 0 Å². The first-order valence-electron chi connectivity index (χ1n) is 8.73. The van der Waals surface area contributed by atoms with Gasteiger partial charge in [-0.15, -0.1) is 0 Å². The summed E-state index contributed by atoms with van der Waals surface area (Å²) >= 11 is 0. The first kappa shape index (κ1) is 16.8. The van der Waals surface area contributed by atoms with E-state index >= 15 is 0 Å². The summed E-state index contributed by atoms with van der Waals surface area (Å²) in [7, 11) is 3.97. The molecule has 27 heavy (non-hydrogen) atoms. The lowest BCUT2D eigenvalue weighted by Gasteiger charge is -2.13. The molecule has 0 aliphatic carbocycles. The second-order valence-electron chi connectivity index (χ2n) is 6.55. The first-order valence-corrected chi connectivity index (χ1v) is 8.73. The van der Waals surface area contributed by atoms with Gasteiger partial charge in [-0.05, 0) is 54.6 Å². The quantitative estimate of drug-likeness (QED) is 0.592. The standard InChI is InChI=1S/C22H20N4O/c1-25(2)18-11-9-17(10-12-18)24-22(27)16-8-13-21-20(14-16)23-15-26(21)19-6-4-3-5-7-19/h3-15H,1-2H3,(H,24,27). The summed E-state index contributed by atoms with van der Waals surface area (Å²) in [6.07, 6.45) is 1.78. The zero-order valence-electron chi connectivity index (χ0n) is 15.3. The zero-order valence-corrected chi connectivity index (χ0v) is 15.3. The van der Waals surface area contributed by atoms with Gasteiger partial charge in [0.1, 0.15) is 6.33 Å². The van der Waals surface area contributed by atoms with Gasteiger partial charge in [0.05, 0.1) is 11.0 Å². The van der Waals surface area contributed by atoms with E-state index in [1.54, 1.807) is 6.33 Å². The van der Waals surface area contributed by atoms with E-state index in [2.05, 4.69) is 10.3 Å². The number of para-hydroxylation sites is 1. The van der Waals surface area contributed by atoms with Crippen molar-refractivity contribution in [3.05, 3.63) is 84.7 Å². The van der Waals surface area contributed by atoms with Crippen molar-refractivity contribution in [3.8, 4) is 5.69 Å². The Morgan fingerprint density at radius 1 is 0.963 bits per heavy atom. The largest absolute Gasteiger partial charge is 0.378 e. The highest BCUT2D eigenvalue weighted by Crippen LogP contribution is 2.21. The van der Waals surface area contributed by atoms with E-state index in [0.29, 0.717) is 5.56 Å². The number of imidazole rings is 1. The lowest BCUT2D eigenvalue weighted by atomic mass is 10.1. The Morgan fingerprint density at radius 3 is 2.41 bits per heavy atom. The van der Waals surface area contributed by atoms with Gasteiger partial charge in [-0.1, -0.05) is 18.2 Å². The molecule has 134 valence electrons. The Labute approximate surface area is 157 Å². The number of carbonyl (C=O) groups excluding carboxylic acids is 1. The van der Waals surface area contributed by atoms with Crippen molar-refractivity contribution >= 4 is 28.3 Å². The van der Waals surface area contributed by atoms with Crippen LogP contribution in [0.3, 0.4) is 0 Å². The highest BCUT2D eigenvalue weighted by molar-refractivity contribution is 6.06. The van der Waals surface area contributed by atoms with E-state index in [1.165, 1.54) is 0 Å². The van der Waals surface area contributed by atoms with Crippen LogP contribution in [0, 0.1) is 0 Å². The second-order valence-corrected chi connectivity index (χ2v) is 6.55. The van der Waals surface area contributed by atoms with E-state index < -0.39 is 0 Å². The zero-order chi connectivity index (χ0) is 18.8. The monoisotopic (exact) mass is 356 g/mol. The van der Waals surface area contributed by atoms with E-state index in [4.69, 9.17) is 0 Å². The first-order chi connectivity index (χ1) is 13.1. The van der Waals surface area contributed by atoms with Gasteiger partial charge >= 0.3 is 0 Å². The van der Waals surface area contributed by atoms with Crippen LogP contribution in [0.1, 0.15) is 10.4 Å². The predicted octanol–water partition coefficient (Wildman–Crippen LogP) is 4.34. The summed E-state index contributed by atoms with van der Waals surface area (Å²) in [6.45, 7) is 0. The summed E-state index contributed by atoms with van der Waals surface area (Å²) in [5, 5.41) is 2.94. The van der Waals surface area contributed by atoms with Crippen molar-refractivity contribution in [3.63, 3.8) is 0 Å². The third-order valence-corrected chi connectivity index (χ3v) is 4.49. The molecule has 0 radical (unpaired) electrons. The molecule has 1 N–H and O–H groups in total. The minimum Gasteiger partial charge on any atom is -0.378 e. The molecule has 5 nitrogen and oxygen atoms in total. The average Bonchev–Trinajstić information content (AvgIpc) is 3.12. The highest BCUT2D eigenvalue weighted by atomic mass is 16.1. The van der Waals surface area contributed by atoms with Gasteiger partial charge in [0.25, 0.3) is 5.91 Å². The summed E-state index contributed by atoms with van der Waals surface area (Å²) in [4.78, 5) is 19.1. The van der Waals surface area contributed by atoms with Crippen molar-refractivity contribution in [2.75, 3.05) is 24.3 Å². The molecule has 0 aliphatic heterocycles. The molecule has 4 aromatic rings. The third kappa shape index (κ3) is 3.40. The molecular weight excluding hydrogens is 336 g/mol. The smallest absolute Gasteiger partial charge is 0.255 e. The Kier molecular flexibility index (Phi) is 4.34. The fraction of sp³-hybridized carbons (Fsp3) is 0.0909. The molecule has 1 aromatic heterocycles. The van der Waals surface area contributed by atoms with Gasteiger partial charge in [0.2, 0.25) is 0 Å². The Balaban J connectivity index is 1.58. The van der Waals surface area contributed by atoms with Gasteiger partial charge in [0.15, 0.2) is 0 Å². The summed E-state index contributed by atoms with van der Waals surface area (Å²) in [6, 6.07) is 23.3. The molecular formula is C22H20N4O. The second kappa shape index (κ2) is 6.96. The maximum Gasteiger partial charge on any atom is 0.255 e. The van der Waals surface area contributed by atoms with Crippen molar-refractivity contribution in [1.82, 2.24) is 9.55 Å². The molecule has 1 heterocycles. The topological polar surface area (TPSA) is 50.2 Å². The summed E-state index contributed by atoms with van der Waals surface area (Å²) in [5.41, 5.74) is 5.22. The summed E-state index contributed by atoms with van der Waals surface area (Å²) in [5.74, 6) is -0.149. The van der Waals surface area contributed by atoms with Crippen molar-refractivity contribution in [2.45, 2.75) is 0 Å². The van der Waals surface area contributed by atoms with E-state index in [9.17, 15) is 4.79 Å².